The molecule has 0 unspecified atom stereocenters. The molecule has 1 rings (SSSR count). The van der Waals surface area contributed by atoms with Crippen molar-refractivity contribution in [3.05, 3.63) is 28.3 Å². The molecule has 0 saturated heterocycles. The number of ether oxygens (including phenoxy) is 1. The number of thioether (sulfide) groups is 1. The van der Waals surface area contributed by atoms with Crippen molar-refractivity contribution in [2.75, 3.05) is 30.5 Å². The summed E-state index contributed by atoms with van der Waals surface area (Å²) in [4.78, 5) is 10.3. The van der Waals surface area contributed by atoms with Gasteiger partial charge in [0.1, 0.15) is 5.75 Å². The Hall–Kier alpha value is -1.43. The first-order chi connectivity index (χ1) is 8.69. The molecule has 6 heteroatoms. The highest BCUT2D eigenvalue weighted by atomic mass is 32.2. The first-order valence-electron chi connectivity index (χ1n) is 5.83. The number of hydrogen-bond donors (Lipinski definition) is 1. The Morgan fingerprint density at radius 1 is 1.50 bits per heavy atom. The van der Waals surface area contributed by atoms with Crippen molar-refractivity contribution in [2.45, 2.75) is 13.3 Å². The van der Waals surface area contributed by atoms with Crippen LogP contribution in [0, 0.1) is 10.1 Å². The van der Waals surface area contributed by atoms with Crippen LogP contribution in [-0.2, 0) is 0 Å². The maximum atomic E-state index is 10.7. The van der Waals surface area contributed by atoms with E-state index < -0.39 is 4.92 Å². The molecular formula is C12H18N2O3S. The minimum atomic E-state index is -0.405. The van der Waals surface area contributed by atoms with Crippen LogP contribution < -0.4 is 10.1 Å². The largest absolute Gasteiger partial charge is 0.495 e. The molecule has 0 amide bonds. The van der Waals surface area contributed by atoms with E-state index in [2.05, 4.69) is 12.2 Å². The van der Waals surface area contributed by atoms with Crippen LogP contribution in [0.5, 0.6) is 5.75 Å². The fraction of sp³-hybridized carbons (Fsp3) is 0.500. The quantitative estimate of drug-likeness (QED) is 0.446. The highest BCUT2D eigenvalue weighted by Crippen LogP contribution is 2.28. The van der Waals surface area contributed by atoms with Gasteiger partial charge in [-0.1, -0.05) is 6.92 Å². The van der Waals surface area contributed by atoms with Crippen LogP contribution in [0.1, 0.15) is 13.3 Å². The second-order valence-corrected chi connectivity index (χ2v) is 5.01. The van der Waals surface area contributed by atoms with E-state index in [-0.39, 0.29) is 5.69 Å². The number of nitrogens with one attached hydrogen (secondary N) is 1. The third-order valence-electron chi connectivity index (χ3n) is 2.38. The highest BCUT2D eigenvalue weighted by Gasteiger charge is 2.10. The predicted molar refractivity (Wildman–Crippen MR) is 75.8 cm³/mol. The summed E-state index contributed by atoms with van der Waals surface area (Å²) in [7, 11) is 1.55. The van der Waals surface area contributed by atoms with Gasteiger partial charge in [-0.3, -0.25) is 10.1 Å². The number of hydrogen-bond acceptors (Lipinski definition) is 5. The zero-order chi connectivity index (χ0) is 13.4. The lowest BCUT2D eigenvalue weighted by Gasteiger charge is -2.10. The number of rotatable bonds is 8. The van der Waals surface area contributed by atoms with Gasteiger partial charge in [-0.05, 0) is 24.0 Å². The molecule has 0 bridgehead atoms. The summed E-state index contributed by atoms with van der Waals surface area (Å²) in [5.41, 5.74) is 0.745. The average molecular weight is 270 g/mol. The van der Waals surface area contributed by atoms with Crippen LogP contribution >= 0.6 is 11.8 Å². The molecule has 0 aromatic heterocycles. The molecule has 1 N–H and O–H groups in total. The first-order valence-corrected chi connectivity index (χ1v) is 6.98. The number of benzene rings is 1. The Bertz CT molecular complexity index is 399. The molecule has 0 heterocycles. The molecule has 1 aromatic rings. The van der Waals surface area contributed by atoms with Crippen LogP contribution in [0.15, 0.2) is 18.2 Å². The van der Waals surface area contributed by atoms with Crippen molar-refractivity contribution in [2.24, 2.45) is 0 Å². The third-order valence-corrected chi connectivity index (χ3v) is 3.36. The van der Waals surface area contributed by atoms with Gasteiger partial charge in [0.2, 0.25) is 0 Å². The smallest absolute Gasteiger partial charge is 0.271 e. The molecule has 0 fully saturated rings. The Morgan fingerprint density at radius 3 is 2.89 bits per heavy atom. The summed E-state index contributed by atoms with van der Waals surface area (Å²) in [5, 5.41) is 13.9. The van der Waals surface area contributed by atoms with Gasteiger partial charge in [0, 0.05) is 18.7 Å². The number of anilines is 1. The lowest BCUT2D eigenvalue weighted by Crippen LogP contribution is -2.05. The molecule has 0 aliphatic rings. The van der Waals surface area contributed by atoms with Gasteiger partial charge in [-0.15, -0.1) is 0 Å². The molecule has 0 atom stereocenters. The van der Waals surface area contributed by atoms with Gasteiger partial charge >= 0.3 is 0 Å². The summed E-state index contributed by atoms with van der Waals surface area (Å²) >= 11 is 1.88. The molecule has 100 valence electrons. The molecule has 0 aliphatic carbocycles. The van der Waals surface area contributed by atoms with Crippen LogP contribution in [-0.4, -0.2) is 30.1 Å². The third kappa shape index (κ3) is 4.44. The van der Waals surface area contributed by atoms with E-state index in [9.17, 15) is 10.1 Å². The Morgan fingerprint density at radius 2 is 2.28 bits per heavy atom. The molecule has 1 aromatic carbocycles. The van der Waals surface area contributed by atoms with E-state index in [1.807, 2.05) is 11.8 Å². The van der Waals surface area contributed by atoms with E-state index >= 15 is 0 Å². The Kier molecular flexibility index (Phi) is 6.35. The van der Waals surface area contributed by atoms with Gasteiger partial charge in [0.25, 0.3) is 5.69 Å². The summed E-state index contributed by atoms with van der Waals surface area (Å²) in [6.45, 7) is 2.91. The standard InChI is InChI=1S/C12H18N2O3S/c1-3-18-8-4-7-13-11-9-10(14(15)16)5-6-12(11)17-2/h5-6,9,13H,3-4,7-8H2,1-2H3. The molecule has 0 aliphatic heterocycles. The Balaban J connectivity index is 2.61. The SMILES string of the molecule is CCSCCCNc1cc([N+](=O)[O-])ccc1OC. The van der Waals surface area contributed by atoms with E-state index in [0.29, 0.717) is 11.4 Å². The van der Waals surface area contributed by atoms with Crippen molar-refractivity contribution in [3.63, 3.8) is 0 Å². The van der Waals surface area contributed by atoms with Crippen molar-refractivity contribution in [3.8, 4) is 5.75 Å². The molecule has 0 radical (unpaired) electrons. The number of nitrogens with zero attached hydrogens (tertiary/aromatic N) is 1. The van der Waals surface area contributed by atoms with Gasteiger partial charge < -0.3 is 10.1 Å². The number of non-ortho nitro benzene ring substituents is 1. The monoisotopic (exact) mass is 270 g/mol. The number of nitro groups is 1. The molecular weight excluding hydrogens is 252 g/mol. The maximum absolute atomic E-state index is 10.7. The first kappa shape index (κ1) is 14.6. The summed E-state index contributed by atoms with van der Waals surface area (Å²) in [6.07, 6.45) is 1.02. The van der Waals surface area contributed by atoms with E-state index in [4.69, 9.17) is 4.74 Å². The fourth-order valence-electron chi connectivity index (χ4n) is 1.49. The zero-order valence-electron chi connectivity index (χ0n) is 10.6. The maximum Gasteiger partial charge on any atom is 0.271 e. The van der Waals surface area contributed by atoms with Crippen molar-refractivity contribution in [1.29, 1.82) is 0 Å². The lowest BCUT2D eigenvalue weighted by molar-refractivity contribution is -0.384. The second kappa shape index (κ2) is 7.81. The van der Waals surface area contributed by atoms with Gasteiger partial charge in [0.05, 0.1) is 17.7 Å². The van der Waals surface area contributed by atoms with Crippen LogP contribution in [0.4, 0.5) is 11.4 Å². The van der Waals surface area contributed by atoms with Gasteiger partial charge in [-0.2, -0.15) is 11.8 Å². The van der Waals surface area contributed by atoms with Crippen molar-refractivity contribution in [1.82, 2.24) is 0 Å². The molecule has 0 spiro atoms. The minimum Gasteiger partial charge on any atom is -0.495 e. The molecule has 5 nitrogen and oxygen atoms in total. The molecule has 18 heavy (non-hydrogen) atoms. The van der Waals surface area contributed by atoms with Crippen molar-refractivity contribution < 1.29 is 9.66 Å². The lowest BCUT2D eigenvalue weighted by atomic mass is 10.2. The van der Waals surface area contributed by atoms with E-state index in [1.54, 1.807) is 13.2 Å². The summed E-state index contributed by atoms with van der Waals surface area (Å²) in [6, 6.07) is 4.56. The van der Waals surface area contributed by atoms with Crippen LogP contribution in [0.25, 0.3) is 0 Å². The van der Waals surface area contributed by atoms with Gasteiger partial charge in [0.15, 0.2) is 0 Å². The zero-order valence-corrected chi connectivity index (χ0v) is 11.5. The topological polar surface area (TPSA) is 64.4 Å². The second-order valence-electron chi connectivity index (χ2n) is 3.62. The summed E-state index contributed by atoms with van der Waals surface area (Å²) in [5.74, 6) is 2.82. The average Bonchev–Trinajstić information content (AvgIpc) is 2.38. The van der Waals surface area contributed by atoms with E-state index in [1.165, 1.54) is 12.1 Å². The highest BCUT2D eigenvalue weighted by molar-refractivity contribution is 7.99. The predicted octanol–water partition coefficient (Wildman–Crippen LogP) is 3.16. The van der Waals surface area contributed by atoms with Gasteiger partial charge in [-0.25, -0.2) is 0 Å². The fourth-order valence-corrected chi connectivity index (χ4v) is 2.13. The Labute approximate surface area is 111 Å². The van der Waals surface area contributed by atoms with Crippen LogP contribution in [0.3, 0.4) is 0 Å². The normalized spacial score (nSPS) is 10.1. The summed E-state index contributed by atoms with van der Waals surface area (Å²) < 4.78 is 5.17. The number of methoxy groups -OCH3 is 1. The van der Waals surface area contributed by atoms with E-state index in [0.717, 1.165) is 24.5 Å². The minimum absolute atomic E-state index is 0.0706. The van der Waals surface area contributed by atoms with Crippen LogP contribution in [0.2, 0.25) is 0 Å². The number of nitro benzene ring substituents is 1. The molecule has 0 saturated carbocycles. The van der Waals surface area contributed by atoms with Crippen molar-refractivity contribution >= 4 is 23.1 Å².